The first-order valence-electron chi connectivity index (χ1n) is 8.50. The highest BCUT2D eigenvalue weighted by Gasteiger charge is 2.20. The Labute approximate surface area is 143 Å². The number of nitrogen functional groups attached to an aromatic ring is 1. The molecule has 1 heterocycles. The van der Waals surface area contributed by atoms with Crippen molar-refractivity contribution >= 4 is 23.0 Å². The van der Waals surface area contributed by atoms with Crippen molar-refractivity contribution < 1.29 is 4.79 Å². The summed E-state index contributed by atoms with van der Waals surface area (Å²) in [7, 11) is 0. The lowest BCUT2D eigenvalue weighted by Gasteiger charge is -2.26. The summed E-state index contributed by atoms with van der Waals surface area (Å²) >= 11 is 0. The minimum atomic E-state index is -0.121. The van der Waals surface area contributed by atoms with Gasteiger partial charge in [-0.25, -0.2) is 0 Å². The fraction of sp³-hybridized carbons (Fsp3) is 0.350. The summed E-state index contributed by atoms with van der Waals surface area (Å²) in [6.45, 7) is 8.48. The molecule has 0 aliphatic carbocycles. The maximum absolute atomic E-state index is 12.6. The molecule has 3 N–H and O–H groups in total. The van der Waals surface area contributed by atoms with Crippen LogP contribution in [0.5, 0.6) is 0 Å². The number of carbonyl (C=O) groups is 1. The van der Waals surface area contributed by atoms with E-state index >= 15 is 0 Å². The van der Waals surface area contributed by atoms with Crippen molar-refractivity contribution in [2.45, 2.75) is 33.6 Å². The van der Waals surface area contributed by atoms with Gasteiger partial charge < -0.3 is 16.0 Å². The standard InChI is InChI=1S/C20H25N3O/c1-13-11-14(2)19(23-9-4-5-10-23)15(3)18(13)22-20(24)16-7-6-8-17(21)12-16/h6-8,11-12H,4-5,9-10,21H2,1-3H3,(H,22,24). The van der Waals surface area contributed by atoms with Gasteiger partial charge in [-0.3, -0.25) is 4.79 Å². The van der Waals surface area contributed by atoms with Gasteiger partial charge in [0.2, 0.25) is 0 Å². The molecule has 4 heteroatoms. The van der Waals surface area contributed by atoms with Crippen molar-refractivity contribution in [2.75, 3.05) is 29.0 Å². The Hall–Kier alpha value is -2.49. The summed E-state index contributed by atoms with van der Waals surface area (Å²) in [5, 5.41) is 3.09. The maximum atomic E-state index is 12.6. The Balaban J connectivity index is 1.95. The molecule has 0 radical (unpaired) electrons. The van der Waals surface area contributed by atoms with Crippen LogP contribution in [0.3, 0.4) is 0 Å². The molecule has 1 fully saturated rings. The van der Waals surface area contributed by atoms with Gasteiger partial charge in [0.15, 0.2) is 0 Å². The highest BCUT2D eigenvalue weighted by Crippen LogP contribution is 2.35. The molecule has 0 spiro atoms. The monoisotopic (exact) mass is 323 g/mol. The maximum Gasteiger partial charge on any atom is 0.255 e. The van der Waals surface area contributed by atoms with Crippen LogP contribution in [-0.2, 0) is 0 Å². The first kappa shape index (κ1) is 16.4. The number of anilines is 3. The quantitative estimate of drug-likeness (QED) is 0.838. The molecule has 0 unspecified atom stereocenters. The Kier molecular flexibility index (Phi) is 4.47. The van der Waals surface area contributed by atoms with E-state index in [1.807, 2.05) is 6.92 Å². The van der Waals surface area contributed by atoms with Gasteiger partial charge in [-0.05, 0) is 68.5 Å². The molecule has 3 rings (SSSR count). The van der Waals surface area contributed by atoms with E-state index in [0.717, 1.165) is 29.9 Å². The predicted octanol–water partition coefficient (Wildman–Crippen LogP) is 4.05. The van der Waals surface area contributed by atoms with Crippen molar-refractivity contribution in [3.63, 3.8) is 0 Å². The van der Waals surface area contributed by atoms with Gasteiger partial charge in [0, 0.05) is 35.7 Å². The molecular formula is C20H25N3O. The SMILES string of the molecule is Cc1cc(C)c(N2CCCC2)c(C)c1NC(=O)c1cccc(N)c1. The first-order chi connectivity index (χ1) is 11.5. The third kappa shape index (κ3) is 3.09. The van der Waals surface area contributed by atoms with E-state index in [1.165, 1.54) is 24.1 Å². The highest BCUT2D eigenvalue weighted by molar-refractivity contribution is 6.06. The second kappa shape index (κ2) is 6.56. The number of rotatable bonds is 3. The number of nitrogens with zero attached hydrogens (tertiary/aromatic N) is 1. The molecule has 0 atom stereocenters. The van der Waals surface area contributed by atoms with E-state index < -0.39 is 0 Å². The van der Waals surface area contributed by atoms with Crippen LogP contribution in [0, 0.1) is 20.8 Å². The molecule has 126 valence electrons. The van der Waals surface area contributed by atoms with Gasteiger partial charge in [-0.2, -0.15) is 0 Å². The molecular weight excluding hydrogens is 298 g/mol. The van der Waals surface area contributed by atoms with E-state index in [4.69, 9.17) is 5.73 Å². The number of hydrogen-bond acceptors (Lipinski definition) is 3. The third-order valence-corrected chi connectivity index (χ3v) is 4.74. The lowest BCUT2D eigenvalue weighted by molar-refractivity contribution is 0.102. The number of amides is 1. The molecule has 1 saturated heterocycles. The van der Waals surface area contributed by atoms with Gasteiger partial charge in [0.05, 0.1) is 0 Å². The summed E-state index contributed by atoms with van der Waals surface area (Å²) in [4.78, 5) is 15.0. The molecule has 1 aliphatic heterocycles. The Morgan fingerprint density at radius 3 is 2.46 bits per heavy atom. The Bertz CT molecular complexity index is 777. The molecule has 24 heavy (non-hydrogen) atoms. The van der Waals surface area contributed by atoms with Crippen LogP contribution < -0.4 is 16.0 Å². The molecule has 0 saturated carbocycles. The van der Waals surface area contributed by atoms with Crippen LogP contribution >= 0.6 is 0 Å². The topological polar surface area (TPSA) is 58.4 Å². The normalized spacial score (nSPS) is 14.0. The number of nitrogens with two attached hydrogens (primary N) is 1. The lowest BCUT2D eigenvalue weighted by atomic mass is 10.0. The number of aryl methyl sites for hydroxylation is 2. The largest absolute Gasteiger partial charge is 0.399 e. The van der Waals surface area contributed by atoms with Crippen molar-refractivity contribution in [3.05, 3.63) is 52.6 Å². The molecule has 2 aromatic rings. The van der Waals surface area contributed by atoms with E-state index in [2.05, 4.69) is 30.1 Å². The number of benzene rings is 2. The molecule has 1 amide bonds. The van der Waals surface area contributed by atoms with Gasteiger partial charge in [0.1, 0.15) is 0 Å². The fourth-order valence-corrected chi connectivity index (χ4v) is 3.66. The van der Waals surface area contributed by atoms with Crippen molar-refractivity contribution in [1.82, 2.24) is 0 Å². The fourth-order valence-electron chi connectivity index (χ4n) is 3.66. The number of nitrogens with one attached hydrogen (secondary N) is 1. The molecule has 0 aromatic heterocycles. The van der Waals surface area contributed by atoms with Gasteiger partial charge >= 0.3 is 0 Å². The zero-order chi connectivity index (χ0) is 17.3. The van der Waals surface area contributed by atoms with Crippen molar-refractivity contribution in [3.8, 4) is 0 Å². The zero-order valence-electron chi connectivity index (χ0n) is 14.6. The third-order valence-electron chi connectivity index (χ3n) is 4.74. The average Bonchev–Trinajstić information content (AvgIpc) is 3.05. The van der Waals surface area contributed by atoms with Crippen molar-refractivity contribution in [1.29, 1.82) is 0 Å². The molecule has 2 aromatic carbocycles. The van der Waals surface area contributed by atoms with Crippen LogP contribution in [0.25, 0.3) is 0 Å². The number of carbonyl (C=O) groups excluding carboxylic acids is 1. The lowest BCUT2D eigenvalue weighted by Crippen LogP contribution is -2.22. The summed E-state index contributed by atoms with van der Waals surface area (Å²) < 4.78 is 0. The van der Waals surface area contributed by atoms with Crippen LogP contribution in [0.1, 0.15) is 39.9 Å². The first-order valence-corrected chi connectivity index (χ1v) is 8.50. The summed E-state index contributed by atoms with van der Waals surface area (Å²) in [6, 6.07) is 9.23. The summed E-state index contributed by atoms with van der Waals surface area (Å²) in [6.07, 6.45) is 2.47. The highest BCUT2D eigenvalue weighted by atomic mass is 16.1. The second-order valence-corrected chi connectivity index (χ2v) is 6.63. The Morgan fingerprint density at radius 1 is 1.08 bits per heavy atom. The molecule has 1 aliphatic rings. The van der Waals surface area contributed by atoms with E-state index in [1.54, 1.807) is 24.3 Å². The minimum absolute atomic E-state index is 0.121. The van der Waals surface area contributed by atoms with Gasteiger partial charge in [-0.15, -0.1) is 0 Å². The van der Waals surface area contributed by atoms with Crippen LogP contribution in [0.2, 0.25) is 0 Å². The van der Waals surface area contributed by atoms with Crippen LogP contribution in [0.15, 0.2) is 30.3 Å². The second-order valence-electron chi connectivity index (χ2n) is 6.63. The Morgan fingerprint density at radius 2 is 1.79 bits per heavy atom. The summed E-state index contributed by atoms with van der Waals surface area (Å²) in [5.41, 5.74) is 12.6. The summed E-state index contributed by atoms with van der Waals surface area (Å²) in [5.74, 6) is -0.121. The molecule has 4 nitrogen and oxygen atoms in total. The van der Waals surface area contributed by atoms with Crippen LogP contribution in [-0.4, -0.2) is 19.0 Å². The van der Waals surface area contributed by atoms with Crippen molar-refractivity contribution in [2.24, 2.45) is 0 Å². The number of hydrogen-bond donors (Lipinski definition) is 2. The zero-order valence-corrected chi connectivity index (χ0v) is 14.6. The predicted molar refractivity (Wildman–Crippen MR) is 101 cm³/mol. The van der Waals surface area contributed by atoms with E-state index in [0.29, 0.717) is 11.3 Å². The minimum Gasteiger partial charge on any atom is -0.399 e. The van der Waals surface area contributed by atoms with Gasteiger partial charge in [-0.1, -0.05) is 12.1 Å². The average molecular weight is 323 g/mol. The van der Waals surface area contributed by atoms with E-state index in [-0.39, 0.29) is 5.91 Å². The molecule has 0 bridgehead atoms. The van der Waals surface area contributed by atoms with E-state index in [9.17, 15) is 4.79 Å². The smallest absolute Gasteiger partial charge is 0.255 e. The van der Waals surface area contributed by atoms with Gasteiger partial charge in [0.25, 0.3) is 5.91 Å². The van der Waals surface area contributed by atoms with Crippen LogP contribution in [0.4, 0.5) is 17.1 Å².